The van der Waals surface area contributed by atoms with Gasteiger partial charge in [-0.15, -0.1) is 5.10 Å². The average Bonchev–Trinajstić information content (AvgIpc) is 3.57. The number of aromatic amines is 1. The fourth-order valence-electron chi connectivity index (χ4n) is 4.49. The standard InChI is InChI=1S/C28H27N5O3/c1-35-26-14-8-12-21(27(26)36-2)23(22-15-29-24-13-7-6-11-20(22)24)16-30-28(34)25-18-33(32-31-25)17-19-9-4-3-5-10-19/h3-15,18,23,29H,16-17H2,1-2H3,(H,30,34). The highest BCUT2D eigenvalue weighted by molar-refractivity contribution is 5.92. The van der Waals surface area contributed by atoms with E-state index in [0.29, 0.717) is 24.6 Å². The molecule has 0 bridgehead atoms. The number of carbonyl (C=O) groups excluding carboxylic acids is 1. The number of H-pyrrole nitrogens is 1. The van der Waals surface area contributed by atoms with Gasteiger partial charge in [-0.1, -0.05) is 65.9 Å². The van der Waals surface area contributed by atoms with E-state index >= 15 is 0 Å². The number of ether oxygens (including phenoxy) is 2. The van der Waals surface area contributed by atoms with Crippen LogP contribution in [0.3, 0.4) is 0 Å². The van der Waals surface area contributed by atoms with E-state index in [-0.39, 0.29) is 17.5 Å². The number of rotatable bonds is 9. The molecule has 0 aliphatic rings. The van der Waals surface area contributed by atoms with Crippen LogP contribution < -0.4 is 14.8 Å². The normalized spacial score (nSPS) is 11.8. The van der Waals surface area contributed by atoms with Crippen molar-refractivity contribution in [3.05, 3.63) is 108 Å². The van der Waals surface area contributed by atoms with Crippen molar-refractivity contribution in [3.8, 4) is 11.5 Å². The highest BCUT2D eigenvalue weighted by atomic mass is 16.5. The van der Waals surface area contributed by atoms with Crippen LogP contribution >= 0.6 is 0 Å². The number of carbonyl (C=O) groups is 1. The van der Waals surface area contributed by atoms with Crippen molar-refractivity contribution >= 4 is 16.8 Å². The molecule has 5 rings (SSSR count). The average molecular weight is 482 g/mol. The van der Waals surface area contributed by atoms with E-state index in [9.17, 15) is 4.79 Å². The summed E-state index contributed by atoms with van der Waals surface area (Å²) in [6.07, 6.45) is 3.64. The van der Waals surface area contributed by atoms with Crippen molar-refractivity contribution in [1.29, 1.82) is 0 Å². The lowest BCUT2D eigenvalue weighted by Crippen LogP contribution is -2.29. The quantitative estimate of drug-likeness (QED) is 0.326. The number of nitrogens with one attached hydrogen (secondary N) is 2. The first-order chi connectivity index (χ1) is 17.7. The van der Waals surface area contributed by atoms with Gasteiger partial charge in [-0.2, -0.15) is 0 Å². The molecule has 0 spiro atoms. The molecule has 0 radical (unpaired) electrons. The molecule has 0 saturated carbocycles. The zero-order chi connectivity index (χ0) is 24.9. The summed E-state index contributed by atoms with van der Waals surface area (Å²) < 4.78 is 12.9. The minimum Gasteiger partial charge on any atom is -0.493 e. The maximum absolute atomic E-state index is 13.1. The summed E-state index contributed by atoms with van der Waals surface area (Å²) >= 11 is 0. The van der Waals surface area contributed by atoms with Gasteiger partial charge in [0.15, 0.2) is 17.2 Å². The SMILES string of the molecule is COc1cccc(C(CNC(=O)c2cn(Cc3ccccc3)nn2)c2c[nH]c3ccccc23)c1OC. The number of hydrogen-bond acceptors (Lipinski definition) is 5. The predicted molar refractivity (Wildman–Crippen MR) is 138 cm³/mol. The summed E-state index contributed by atoms with van der Waals surface area (Å²) in [7, 11) is 3.24. The molecule has 0 saturated heterocycles. The molecule has 1 atom stereocenters. The number of benzene rings is 3. The van der Waals surface area contributed by atoms with Gasteiger partial charge in [0, 0.05) is 35.1 Å². The second kappa shape index (κ2) is 10.4. The maximum atomic E-state index is 13.1. The van der Waals surface area contributed by atoms with Crippen LogP contribution in [0.25, 0.3) is 10.9 Å². The van der Waals surface area contributed by atoms with Gasteiger partial charge in [-0.3, -0.25) is 4.79 Å². The molecule has 5 aromatic rings. The van der Waals surface area contributed by atoms with Crippen molar-refractivity contribution in [1.82, 2.24) is 25.3 Å². The lowest BCUT2D eigenvalue weighted by Gasteiger charge is -2.21. The van der Waals surface area contributed by atoms with Gasteiger partial charge in [0.05, 0.1) is 27.0 Å². The molecule has 1 amide bonds. The molecule has 36 heavy (non-hydrogen) atoms. The van der Waals surface area contributed by atoms with E-state index in [1.165, 1.54) is 0 Å². The third kappa shape index (κ3) is 4.65. The minimum atomic E-state index is -0.291. The van der Waals surface area contributed by atoms with Gasteiger partial charge in [-0.25, -0.2) is 4.68 Å². The smallest absolute Gasteiger partial charge is 0.273 e. The first-order valence-electron chi connectivity index (χ1n) is 11.7. The van der Waals surface area contributed by atoms with Crippen molar-refractivity contribution in [3.63, 3.8) is 0 Å². The molecule has 8 nitrogen and oxygen atoms in total. The van der Waals surface area contributed by atoms with Gasteiger partial charge in [-0.05, 0) is 23.3 Å². The molecule has 2 N–H and O–H groups in total. The number of fused-ring (bicyclic) bond motifs is 1. The second-order valence-electron chi connectivity index (χ2n) is 8.42. The Labute approximate surface area is 208 Å². The van der Waals surface area contributed by atoms with Crippen LogP contribution in [0.5, 0.6) is 11.5 Å². The molecule has 2 heterocycles. The predicted octanol–water partition coefficient (Wildman–Crippen LogP) is 4.39. The summed E-state index contributed by atoms with van der Waals surface area (Å²) in [5.41, 5.74) is 4.33. The molecular formula is C28H27N5O3. The van der Waals surface area contributed by atoms with E-state index in [2.05, 4.69) is 26.7 Å². The molecule has 3 aromatic carbocycles. The molecular weight excluding hydrogens is 454 g/mol. The van der Waals surface area contributed by atoms with Crippen molar-refractivity contribution in [2.75, 3.05) is 20.8 Å². The lowest BCUT2D eigenvalue weighted by molar-refractivity contribution is 0.0947. The monoisotopic (exact) mass is 481 g/mol. The number of para-hydroxylation sites is 2. The van der Waals surface area contributed by atoms with E-state index in [1.807, 2.05) is 72.9 Å². The fourth-order valence-corrected chi connectivity index (χ4v) is 4.49. The first kappa shape index (κ1) is 23.2. The van der Waals surface area contributed by atoms with Gasteiger partial charge in [0.1, 0.15) is 0 Å². The summed E-state index contributed by atoms with van der Waals surface area (Å²) in [6, 6.07) is 23.8. The zero-order valence-electron chi connectivity index (χ0n) is 20.1. The Morgan fingerprint density at radius 1 is 0.972 bits per heavy atom. The summed E-state index contributed by atoms with van der Waals surface area (Å²) in [6.45, 7) is 0.871. The number of aromatic nitrogens is 4. The van der Waals surface area contributed by atoms with Crippen LogP contribution in [0.15, 0.2) is 85.2 Å². The second-order valence-corrected chi connectivity index (χ2v) is 8.42. The Balaban J connectivity index is 1.42. The number of amides is 1. The van der Waals surface area contributed by atoms with Crippen molar-refractivity contribution < 1.29 is 14.3 Å². The van der Waals surface area contributed by atoms with Crippen LogP contribution in [-0.2, 0) is 6.54 Å². The van der Waals surface area contributed by atoms with E-state index < -0.39 is 0 Å². The summed E-state index contributed by atoms with van der Waals surface area (Å²) in [5, 5.41) is 12.3. The molecule has 8 heteroatoms. The van der Waals surface area contributed by atoms with Crippen LogP contribution in [0.1, 0.15) is 33.1 Å². The van der Waals surface area contributed by atoms with Gasteiger partial charge in [0.25, 0.3) is 5.91 Å². The van der Waals surface area contributed by atoms with Gasteiger partial charge in [0.2, 0.25) is 0 Å². The molecule has 0 aliphatic carbocycles. The molecule has 0 fully saturated rings. The maximum Gasteiger partial charge on any atom is 0.273 e. The highest BCUT2D eigenvalue weighted by Crippen LogP contribution is 2.40. The largest absolute Gasteiger partial charge is 0.493 e. The molecule has 1 unspecified atom stereocenters. The molecule has 2 aromatic heterocycles. The zero-order valence-corrected chi connectivity index (χ0v) is 20.1. The van der Waals surface area contributed by atoms with E-state index in [1.54, 1.807) is 25.1 Å². The molecule has 0 aliphatic heterocycles. The third-order valence-electron chi connectivity index (χ3n) is 6.23. The number of nitrogens with zero attached hydrogens (tertiary/aromatic N) is 3. The van der Waals surface area contributed by atoms with Crippen molar-refractivity contribution in [2.45, 2.75) is 12.5 Å². The Bertz CT molecular complexity index is 1480. The van der Waals surface area contributed by atoms with Crippen molar-refractivity contribution in [2.24, 2.45) is 0 Å². The number of methoxy groups -OCH3 is 2. The Kier molecular flexibility index (Phi) is 6.66. The Morgan fingerprint density at radius 2 is 1.78 bits per heavy atom. The van der Waals surface area contributed by atoms with Crippen LogP contribution in [0.2, 0.25) is 0 Å². The van der Waals surface area contributed by atoms with Crippen LogP contribution in [0, 0.1) is 0 Å². The molecule has 182 valence electrons. The Morgan fingerprint density at radius 3 is 2.58 bits per heavy atom. The van der Waals surface area contributed by atoms with E-state index in [4.69, 9.17) is 9.47 Å². The fraction of sp³-hybridized carbons (Fsp3) is 0.179. The highest BCUT2D eigenvalue weighted by Gasteiger charge is 2.25. The number of hydrogen-bond donors (Lipinski definition) is 2. The van der Waals surface area contributed by atoms with Gasteiger partial charge < -0.3 is 19.8 Å². The minimum absolute atomic E-state index is 0.200. The lowest BCUT2D eigenvalue weighted by atomic mass is 9.89. The third-order valence-corrected chi connectivity index (χ3v) is 6.23. The van der Waals surface area contributed by atoms with Crippen LogP contribution in [-0.4, -0.2) is 46.6 Å². The Hall–Kier alpha value is -4.59. The van der Waals surface area contributed by atoms with Gasteiger partial charge >= 0.3 is 0 Å². The summed E-state index contributed by atoms with van der Waals surface area (Å²) in [4.78, 5) is 16.4. The summed E-state index contributed by atoms with van der Waals surface area (Å²) in [5.74, 6) is 0.781. The van der Waals surface area contributed by atoms with E-state index in [0.717, 1.165) is 27.6 Å². The van der Waals surface area contributed by atoms with Crippen LogP contribution in [0.4, 0.5) is 0 Å². The topological polar surface area (TPSA) is 94.1 Å². The first-order valence-corrected chi connectivity index (χ1v) is 11.7.